The SMILES string of the molecule is COC(=O)c1cc(NC(=O)Nc2ccc(OC)c(OC)c2)ccc1OC(c1ccccc1)c1ccc(F)c(F)c1. The van der Waals surface area contributed by atoms with Crippen molar-refractivity contribution in [3.63, 3.8) is 0 Å². The summed E-state index contributed by atoms with van der Waals surface area (Å²) in [5.74, 6) is -1.71. The van der Waals surface area contributed by atoms with Crippen molar-refractivity contribution in [2.75, 3.05) is 32.0 Å². The Bertz CT molecular complexity index is 1510. The van der Waals surface area contributed by atoms with Gasteiger partial charge in [0.05, 0.1) is 21.3 Å². The molecule has 1 atom stereocenters. The first-order chi connectivity index (χ1) is 19.3. The number of hydrogen-bond donors (Lipinski definition) is 2. The number of methoxy groups -OCH3 is 3. The molecule has 0 spiro atoms. The molecule has 2 N–H and O–H groups in total. The van der Waals surface area contributed by atoms with E-state index in [0.717, 1.165) is 12.1 Å². The summed E-state index contributed by atoms with van der Waals surface area (Å²) in [4.78, 5) is 25.4. The van der Waals surface area contributed by atoms with E-state index in [-0.39, 0.29) is 17.0 Å². The molecule has 0 aliphatic carbocycles. The third-order valence-electron chi connectivity index (χ3n) is 5.88. The van der Waals surface area contributed by atoms with E-state index < -0.39 is 29.7 Å². The normalized spacial score (nSPS) is 11.2. The molecule has 0 fully saturated rings. The molecule has 0 aromatic heterocycles. The average molecular weight is 549 g/mol. The standard InChI is InChI=1S/C30H26F2N2O6/c1-37-26-14-11-21(17-27(26)38-2)34-30(36)33-20-10-13-25(22(16-20)29(35)39-3)40-28(18-7-5-4-6-8-18)19-9-12-23(31)24(32)15-19/h4-17,28H,1-3H3,(H2,33,34,36). The minimum absolute atomic E-state index is 0.00920. The number of esters is 1. The van der Waals surface area contributed by atoms with Gasteiger partial charge in [-0.15, -0.1) is 0 Å². The minimum atomic E-state index is -1.03. The Kier molecular flexibility index (Phi) is 8.80. The zero-order valence-corrected chi connectivity index (χ0v) is 21.9. The van der Waals surface area contributed by atoms with Crippen LogP contribution in [0.4, 0.5) is 25.0 Å². The van der Waals surface area contributed by atoms with E-state index in [1.807, 2.05) is 0 Å². The van der Waals surface area contributed by atoms with Crippen molar-refractivity contribution in [2.45, 2.75) is 6.10 Å². The summed E-state index contributed by atoms with van der Waals surface area (Å²) in [6.45, 7) is 0. The van der Waals surface area contributed by atoms with Crippen LogP contribution in [0.2, 0.25) is 0 Å². The third kappa shape index (κ3) is 6.47. The van der Waals surface area contributed by atoms with Crippen LogP contribution >= 0.6 is 0 Å². The quantitative estimate of drug-likeness (QED) is 0.230. The van der Waals surface area contributed by atoms with Crippen molar-refractivity contribution in [3.05, 3.63) is 113 Å². The molecule has 0 radical (unpaired) electrons. The molecule has 0 saturated carbocycles. The number of benzene rings is 4. The summed E-state index contributed by atoms with van der Waals surface area (Å²) in [7, 11) is 4.19. The Morgan fingerprint density at radius 1 is 0.675 bits per heavy atom. The minimum Gasteiger partial charge on any atom is -0.493 e. The smallest absolute Gasteiger partial charge is 0.341 e. The van der Waals surface area contributed by atoms with Gasteiger partial charge in [-0.05, 0) is 53.6 Å². The van der Waals surface area contributed by atoms with Gasteiger partial charge in [-0.2, -0.15) is 0 Å². The molecule has 4 aromatic rings. The maximum absolute atomic E-state index is 14.1. The predicted octanol–water partition coefficient (Wildman–Crippen LogP) is 6.58. The number of amides is 2. The molecule has 8 nitrogen and oxygen atoms in total. The number of nitrogens with one attached hydrogen (secondary N) is 2. The second kappa shape index (κ2) is 12.6. The molecule has 4 rings (SSSR count). The van der Waals surface area contributed by atoms with Crippen LogP contribution in [0.25, 0.3) is 0 Å². The number of anilines is 2. The first-order valence-electron chi connectivity index (χ1n) is 12.0. The van der Waals surface area contributed by atoms with E-state index in [9.17, 15) is 18.4 Å². The van der Waals surface area contributed by atoms with E-state index in [1.165, 1.54) is 45.6 Å². The number of halogens is 2. The molecule has 206 valence electrons. The summed E-state index contributed by atoms with van der Waals surface area (Å²) >= 11 is 0. The van der Waals surface area contributed by atoms with Crippen LogP contribution in [0, 0.1) is 11.6 Å². The average Bonchev–Trinajstić information content (AvgIpc) is 2.97. The third-order valence-corrected chi connectivity index (χ3v) is 5.88. The fourth-order valence-electron chi connectivity index (χ4n) is 3.95. The topological polar surface area (TPSA) is 95.1 Å². The summed E-state index contributed by atoms with van der Waals surface area (Å²) < 4.78 is 49.3. The Hall–Kier alpha value is -5.12. The molecule has 0 saturated heterocycles. The number of hydrogen-bond acceptors (Lipinski definition) is 6. The molecule has 4 aromatic carbocycles. The first kappa shape index (κ1) is 27.9. The van der Waals surface area contributed by atoms with Gasteiger partial charge < -0.3 is 29.6 Å². The van der Waals surface area contributed by atoms with E-state index in [4.69, 9.17) is 18.9 Å². The van der Waals surface area contributed by atoms with Gasteiger partial charge in [0.1, 0.15) is 17.4 Å². The van der Waals surface area contributed by atoms with Crippen LogP contribution in [-0.2, 0) is 4.74 Å². The van der Waals surface area contributed by atoms with Crippen molar-refractivity contribution in [2.24, 2.45) is 0 Å². The van der Waals surface area contributed by atoms with E-state index in [0.29, 0.717) is 28.3 Å². The van der Waals surface area contributed by atoms with E-state index in [2.05, 4.69) is 10.6 Å². The van der Waals surface area contributed by atoms with Gasteiger partial charge in [0.25, 0.3) is 0 Å². The van der Waals surface area contributed by atoms with E-state index in [1.54, 1.807) is 48.5 Å². The Balaban J connectivity index is 1.61. The zero-order valence-electron chi connectivity index (χ0n) is 21.9. The van der Waals surface area contributed by atoms with Crippen molar-refractivity contribution in [1.82, 2.24) is 0 Å². The molecule has 10 heteroatoms. The summed E-state index contributed by atoms with van der Waals surface area (Å²) in [6, 6.07) is 21.0. The molecule has 0 aliphatic rings. The molecule has 2 amide bonds. The Labute approximate surface area is 229 Å². The fraction of sp³-hybridized carbons (Fsp3) is 0.133. The molecule has 0 bridgehead atoms. The lowest BCUT2D eigenvalue weighted by atomic mass is 10.0. The Morgan fingerprint density at radius 3 is 1.95 bits per heavy atom. The van der Waals surface area contributed by atoms with Crippen molar-refractivity contribution in [1.29, 1.82) is 0 Å². The Morgan fingerprint density at radius 2 is 1.32 bits per heavy atom. The lowest BCUT2D eigenvalue weighted by Crippen LogP contribution is -2.20. The fourth-order valence-corrected chi connectivity index (χ4v) is 3.95. The highest BCUT2D eigenvalue weighted by Gasteiger charge is 2.22. The first-order valence-corrected chi connectivity index (χ1v) is 12.0. The van der Waals surface area contributed by atoms with Gasteiger partial charge in [0.15, 0.2) is 23.1 Å². The number of carbonyl (C=O) groups is 2. The molecule has 40 heavy (non-hydrogen) atoms. The predicted molar refractivity (Wildman–Crippen MR) is 145 cm³/mol. The van der Waals surface area contributed by atoms with Crippen LogP contribution in [0.1, 0.15) is 27.6 Å². The van der Waals surface area contributed by atoms with Crippen molar-refractivity contribution < 1.29 is 37.3 Å². The molecular weight excluding hydrogens is 522 g/mol. The molecule has 1 unspecified atom stereocenters. The molecular formula is C30H26F2N2O6. The number of urea groups is 1. The van der Waals surface area contributed by atoms with Gasteiger partial charge in [0, 0.05) is 17.4 Å². The van der Waals surface area contributed by atoms with Crippen molar-refractivity contribution in [3.8, 4) is 17.2 Å². The van der Waals surface area contributed by atoms with Crippen LogP contribution in [-0.4, -0.2) is 33.3 Å². The van der Waals surface area contributed by atoms with Gasteiger partial charge in [-0.1, -0.05) is 36.4 Å². The molecule has 0 aliphatic heterocycles. The maximum Gasteiger partial charge on any atom is 0.341 e. The van der Waals surface area contributed by atoms with Gasteiger partial charge in [-0.3, -0.25) is 0 Å². The largest absolute Gasteiger partial charge is 0.493 e. The van der Waals surface area contributed by atoms with Gasteiger partial charge in [0.2, 0.25) is 0 Å². The van der Waals surface area contributed by atoms with Crippen LogP contribution in [0.5, 0.6) is 17.2 Å². The van der Waals surface area contributed by atoms with Gasteiger partial charge >= 0.3 is 12.0 Å². The van der Waals surface area contributed by atoms with E-state index >= 15 is 0 Å². The van der Waals surface area contributed by atoms with Crippen LogP contribution < -0.4 is 24.8 Å². The van der Waals surface area contributed by atoms with Crippen LogP contribution in [0.15, 0.2) is 84.9 Å². The molecule has 0 heterocycles. The van der Waals surface area contributed by atoms with Crippen molar-refractivity contribution >= 4 is 23.4 Å². The second-order valence-electron chi connectivity index (χ2n) is 8.43. The maximum atomic E-state index is 14.1. The highest BCUT2D eigenvalue weighted by Crippen LogP contribution is 2.33. The monoisotopic (exact) mass is 548 g/mol. The summed E-state index contributed by atoms with van der Waals surface area (Å²) in [5, 5.41) is 5.34. The number of rotatable bonds is 9. The second-order valence-corrected chi connectivity index (χ2v) is 8.43. The van der Waals surface area contributed by atoms with Gasteiger partial charge in [-0.25, -0.2) is 18.4 Å². The van der Waals surface area contributed by atoms with Crippen LogP contribution in [0.3, 0.4) is 0 Å². The number of ether oxygens (including phenoxy) is 4. The zero-order chi connectivity index (χ0) is 28.6. The highest BCUT2D eigenvalue weighted by atomic mass is 19.2. The summed E-state index contributed by atoms with van der Waals surface area (Å²) in [6.07, 6.45) is -0.883. The summed E-state index contributed by atoms with van der Waals surface area (Å²) in [5.41, 5.74) is 1.70. The number of carbonyl (C=O) groups excluding carboxylic acids is 2. The highest BCUT2D eigenvalue weighted by molar-refractivity contribution is 6.01. The lowest BCUT2D eigenvalue weighted by Gasteiger charge is -2.22. The lowest BCUT2D eigenvalue weighted by molar-refractivity contribution is 0.0594.